The molecule has 0 bridgehead atoms. The molecule has 2 aromatic carbocycles. The minimum absolute atomic E-state index is 0.110. The summed E-state index contributed by atoms with van der Waals surface area (Å²) in [6.07, 6.45) is 14.6. The van der Waals surface area contributed by atoms with Crippen LogP contribution in [0.1, 0.15) is 75.3 Å². The summed E-state index contributed by atoms with van der Waals surface area (Å²) in [5.41, 5.74) is 7.40. The van der Waals surface area contributed by atoms with Crippen LogP contribution in [0.5, 0.6) is 0 Å². The van der Waals surface area contributed by atoms with E-state index in [1.165, 1.54) is 91.3 Å². The molecule has 3 aromatic rings. The van der Waals surface area contributed by atoms with Gasteiger partial charge >= 0.3 is 0 Å². The lowest BCUT2D eigenvalue weighted by Gasteiger charge is -2.38. The van der Waals surface area contributed by atoms with Crippen molar-refractivity contribution in [1.29, 1.82) is 0 Å². The highest BCUT2D eigenvalue weighted by Crippen LogP contribution is 2.57. The van der Waals surface area contributed by atoms with Gasteiger partial charge < -0.3 is 0 Å². The number of hydrogen-bond donors (Lipinski definition) is 0. The molecule has 2 aliphatic rings. The Kier molecular flexibility index (Phi) is 7.15. The van der Waals surface area contributed by atoms with E-state index in [0.29, 0.717) is 0 Å². The summed E-state index contributed by atoms with van der Waals surface area (Å²) in [5.74, 6) is 0. The molecule has 5 rings (SSSR count). The predicted octanol–water partition coefficient (Wildman–Crippen LogP) is 9.47. The predicted molar refractivity (Wildman–Crippen MR) is 145 cm³/mol. The number of benzene rings is 2. The van der Waals surface area contributed by atoms with Crippen molar-refractivity contribution >= 4 is 24.6 Å². The summed E-state index contributed by atoms with van der Waals surface area (Å²) in [5, 5.41) is 1.74. The highest BCUT2D eigenvalue weighted by Gasteiger charge is 2.34. The fourth-order valence-corrected chi connectivity index (χ4v) is 11.2. The lowest BCUT2D eigenvalue weighted by molar-refractivity contribution is 0.487. The van der Waals surface area contributed by atoms with Gasteiger partial charge in [-0.1, -0.05) is 106 Å². The van der Waals surface area contributed by atoms with Crippen molar-refractivity contribution in [1.82, 2.24) is 0 Å². The molecule has 0 spiro atoms. The highest BCUT2D eigenvalue weighted by molar-refractivity contribution is 7.68. The zero-order valence-electron chi connectivity index (χ0n) is 19.8. The van der Waals surface area contributed by atoms with Crippen LogP contribution < -0.4 is 5.30 Å². The summed E-state index contributed by atoms with van der Waals surface area (Å²) < 4.78 is 0. The maximum absolute atomic E-state index is 2.64. The van der Waals surface area contributed by atoms with E-state index in [1.807, 2.05) is 11.3 Å². The molecule has 0 aliphatic heterocycles. The summed E-state index contributed by atoms with van der Waals surface area (Å²) in [6.45, 7) is 4.39. The average molecular weight is 461 g/mol. The van der Waals surface area contributed by atoms with Crippen LogP contribution in [0.3, 0.4) is 0 Å². The molecule has 0 radical (unpaired) electrons. The lowest BCUT2D eigenvalue weighted by atomic mass is 9.99. The van der Waals surface area contributed by atoms with Gasteiger partial charge in [-0.3, -0.25) is 0 Å². The molecule has 0 unspecified atom stereocenters. The van der Waals surface area contributed by atoms with Crippen LogP contribution in [0.15, 0.2) is 54.6 Å². The molecule has 0 amide bonds. The minimum Gasteiger partial charge on any atom is -0.135 e. The molecular weight excluding hydrogens is 423 g/mol. The van der Waals surface area contributed by atoms with Crippen LogP contribution in [-0.2, 0) is 0 Å². The van der Waals surface area contributed by atoms with Gasteiger partial charge in [-0.05, 0) is 73.3 Å². The largest absolute Gasteiger partial charge is 0.135 e. The van der Waals surface area contributed by atoms with Gasteiger partial charge in [0.2, 0.25) is 0 Å². The van der Waals surface area contributed by atoms with Crippen LogP contribution in [0.25, 0.3) is 20.9 Å². The first-order chi connectivity index (χ1) is 15.7. The van der Waals surface area contributed by atoms with Crippen molar-refractivity contribution < 1.29 is 0 Å². The molecule has 32 heavy (non-hydrogen) atoms. The topological polar surface area (TPSA) is 0 Å². The second kappa shape index (κ2) is 10.2. The van der Waals surface area contributed by atoms with Crippen molar-refractivity contribution in [3.63, 3.8) is 0 Å². The van der Waals surface area contributed by atoms with Gasteiger partial charge in [0.15, 0.2) is 0 Å². The Morgan fingerprint density at radius 1 is 0.625 bits per heavy atom. The van der Waals surface area contributed by atoms with Crippen molar-refractivity contribution in [2.75, 3.05) is 0 Å². The van der Waals surface area contributed by atoms with Gasteiger partial charge in [0, 0.05) is 9.75 Å². The Bertz CT molecular complexity index is 984. The van der Waals surface area contributed by atoms with Gasteiger partial charge in [0.25, 0.3) is 0 Å². The number of thiophene rings is 1. The molecule has 168 valence electrons. The van der Waals surface area contributed by atoms with Gasteiger partial charge in [-0.25, -0.2) is 0 Å². The normalized spacial score (nSPS) is 18.3. The van der Waals surface area contributed by atoms with Gasteiger partial charge in [0.1, 0.15) is 0 Å². The molecule has 2 aliphatic carbocycles. The van der Waals surface area contributed by atoms with Crippen LogP contribution in [0.2, 0.25) is 0 Å². The minimum atomic E-state index is -0.110. The Balaban J connectivity index is 1.62. The smallest absolute Gasteiger partial charge is 0.0426 e. The molecule has 1 heterocycles. The first kappa shape index (κ1) is 22.4. The van der Waals surface area contributed by atoms with E-state index in [0.717, 1.165) is 11.3 Å². The number of hydrogen-bond acceptors (Lipinski definition) is 1. The lowest BCUT2D eigenvalue weighted by Crippen LogP contribution is -2.26. The van der Waals surface area contributed by atoms with Crippen LogP contribution in [0.4, 0.5) is 0 Å². The molecule has 0 atom stereocenters. The van der Waals surface area contributed by atoms with Crippen molar-refractivity contribution in [2.45, 2.75) is 89.4 Å². The Morgan fingerprint density at radius 3 is 1.59 bits per heavy atom. The monoisotopic (exact) mass is 460 g/mol. The summed E-state index contributed by atoms with van der Waals surface area (Å²) in [4.78, 5) is 3.04. The zero-order valence-corrected chi connectivity index (χ0v) is 21.5. The van der Waals surface area contributed by atoms with Crippen molar-refractivity contribution in [3.05, 3.63) is 65.7 Å². The van der Waals surface area contributed by atoms with Crippen LogP contribution >= 0.6 is 19.3 Å². The van der Waals surface area contributed by atoms with Crippen molar-refractivity contribution in [3.8, 4) is 20.9 Å². The van der Waals surface area contributed by atoms with E-state index in [1.54, 1.807) is 10.2 Å². The molecule has 0 N–H and O–H groups in total. The molecule has 1 aromatic heterocycles. The number of rotatable bonds is 5. The van der Waals surface area contributed by atoms with Crippen LogP contribution in [-0.4, -0.2) is 11.3 Å². The van der Waals surface area contributed by atoms with E-state index in [-0.39, 0.29) is 7.92 Å². The molecule has 0 saturated heterocycles. The SMILES string of the molecule is Cc1ccc(-c2cc(P(C3CCCCC3)C3CCCCC3)c(-c3ccc(C)cc3)s2)cc1. The quantitative estimate of drug-likeness (QED) is 0.333. The molecule has 2 heteroatoms. The van der Waals surface area contributed by atoms with E-state index in [9.17, 15) is 0 Å². The third kappa shape index (κ3) is 4.90. The van der Waals surface area contributed by atoms with E-state index < -0.39 is 0 Å². The molecule has 2 fully saturated rings. The van der Waals surface area contributed by atoms with Gasteiger partial charge in [-0.2, -0.15) is 0 Å². The highest BCUT2D eigenvalue weighted by atomic mass is 32.1. The fourth-order valence-electron chi connectivity index (χ4n) is 5.76. The average Bonchev–Trinajstić information content (AvgIpc) is 3.26. The fraction of sp³-hybridized carbons (Fsp3) is 0.467. The first-order valence-electron chi connectivity index (χ1n) is 12.8. The third-order valence-electron chi connectivity index (χ3n) is 7.58. The summed E-state index contributed by atoms with van der Waals surface area (Å²) in [7, 11) is -0.110. The van der Waals surface area contributed by atoms with Crippen molar-refractivity contribution in [2.24, 2.45) is 0 Å². The van der Waals surface area contributed by atoms with Gasteiger partial charge in [-0.15, -0.1) is 11.3 Å². The number of aryl methyl sites for hydroxylation is 2. The maximum Gasteiger partial charge on any atom is 0.0426 e. The Morgan fingerprint density at radius 2 is 1.09 bits per heavy atom. The van der Waals surface area contributed by atoms with E-state index >= 15 is 0 Å². The van der Waals surface area contributed by atoms with E-state index in [4.69, 9.17) is 0 Å². The third-order valence-corrected chi connectivity index (χ3v) is 12.5. The van der Waals surface area contributed by atoms with Gasteiger partial charge in [0.05, 0.1) is 0 Å². The zero-order chi connectivity index (χ0) is 21.9. The Labute approximate surface area is 200 Å². The second-order valence-corrected chi connectivity index (χ2v) is 13.9. The second-order valence-electron chi connectivity index (χ2n) is 10.0. The summed E-state index contributed by atoms with van der Waals surface area (Å²) in [6, 6.07) is 21.2. The van der Waals surface area contributed by atoms with Crippen LogP contribution in [0, 0.1) is 13.8 Å². The standard InChI is InChI=1S/C30H37PS/c1-22-13-17-24(18-14-22)29-21-28(30(32-29)25-19-15-23(2)16-20-25)31(26-9-5-3-6-10-26)27-11-7-4-8-12-27/h13-21,26-27H,3-12H2,1-2H3. The molecular formula is C30H37PS. The summed E-state index contributed by atoms with van der Waals surface area (Å²) >= 11 is 2.05. The Hall–Kier alpha value is -1.43. The first-order valence-corrected chi connectivity index (χ1v) is 15.0. The van der Waals surface area contributed by atoms with E-state index in [2.05, 4.69) is 68.4 Å². The maximum atomic E-state index is 2.64. The molecule has 0 nitrogen and oxygen atoms in total. The molecule has 2 saturated carbocycles.